The van der Waals surface area contributed by atoms with Crippen molar-refractivity contribution in [3.63, 3.8) is 0 Å². The van der Waals surface area contributed by atoms with Gasteiger partial charge in [0.25, 0.3) is 5.91 Å². The van der Waals surface area contributed by atoms with E-state index in [1.807, 2.05) is 36.4 Å². The van der Waals surface area contributed by atoms with Gasteiger partial charge in [0.15, 0.2) is 0 Å². The van der Waals surface area contributed by atoms with E-state index in [0.29, 0.717) is 0 Å². The standard InChI is InChI=1S/C15H18N2O3/c1-15(11-20-2)13(18)17(14(19)16-15)10-6-9-12-7-4-3-5-8-12/h3-9H,10-11H2,1-2H3,(H,16,19)/b9-6+/t15-/m1/s1. The number of amides is 3. The number of benzene rings is 1. The number of ether oxygens (including phenoxy) is 1. The zero-order valence-corrected chi connectivity index (χ0v) is 11.6. The van der Waals surface area contributed by atoms with Crippen LogP contribution in [0.25, 0.3) is 6.08 Å². The largest absolute Gasteiger partial charge is 0.382 e. The number of hydrogen-bond donors (Lipinski definition) is 1. The zero-order chi connectivity index (χ0) is 14.6. The first-order valence-electron chi connectivity index (χ1n) is 6.41. The van der Waals surface area contributed by atoms with E-state index in [0.717, 1.165) is 5.56 Å². The van der Waals surface area contributed by atoms with Crippen molar-refractivity contribution in [3.05, 3.63) is 42.0 Å². The Morgan fingerprint density at radius 2 is 2.00 bits per heavy atom. The van der Waals surface area contributed by atoms with Crippen molar-refractivity contribution in [2.75, 3.05) is 20.3 Å². The van der Waals surface area contributed by atoms with Gasteiger partial charge in [-0.1, -0.05) is 42.5 Å². The number of urea groups is 1. The fraction of sp³-hybridized carbons (Fsp3) is 0.333. The summed E-state index contributed by atoms with van der Waals surface area (Å²) in [5.74, 6) is -0.262. The summed E-state index contributed by atoms with van der Waals surface area (Å²) in [7, 11) is 1.50. The van der Waals surface area contributed by atoms with Crippen LogP contribution >= 0.6 is 0 Å². The summed E-state index contributed by atoms with van der Waals surface area (Å²) in [5, 5.41) is 2.66. The molecule has 5 nitrogen and oxygen atoms in total. The Balaban J connectivity index is 2.02. The topological polar surface area (TPSA) is 58.6 Å². The van der Waals surface area contributed by atoms with Crippen molar-refractivity contribution in [1.29, 1.82) is 0 Å². The van der Waals surface area contributed by atoms with Crippen molar-refractivity contribution >= 4 is 18.0 Å². The average molecular weight is 274 g/mol. The maximum Gasteiger partial charge on any atom is 0.325 e. The molecule has 0 aromatic heterocycles. The Hall–Kier alpha value is -2.14. The minimum Gasteiger partial charge on any atom is -0.382 e. The van der Waals surface area contributed by atoms with Crippen molar-refractivity contribution in [3.8, 4) is 0 Å². The molecule has 0 aliphatic carbocycles. The minimum atomic E-state index is -0.966. The lowest BCUT2D eigenvalue weighted by atomic mass is 10.0. The van der Waals surface area contributed by atoms with Gasteiger partial charge in [0.2, 0.25) is 0 Å². The third kappa shape index (κ3) is 2.88. The molecule has 0 radical (unpaired) electrons. The summed E-state index contributed by atoms with van der Waals surface area (Å²) >= 11 is 0. The van der Waals surface area contributed by atoms with Gasteiger partial charge in [-0.05, 0) is 12.5 Å². The van der Waals surface area contributed by atoms with E-state index in [9.17, 15) is 9.59 Å². The fourth-order valence-electron chi connectivity index (χ4n) is 2.16. The number of nitrogens with one attached hydrogen (secondary N) is 1. The van der Waals surface area contributed by atoms with Crippen LogP contribution in [0.1, 0.15) is 12.5 Å². The van der Waals surface area contributed by atoms with Crippen LogP contribution in [-0.2, 0) is 9.53 Å². The number of hydrogen-bond acceptors (Lipinski definition) is 3. The summed E-state index contributed by atoms with van der Waals surface area (Å²) < 4.78 is 4.99. The number of methoxy groups -OCH3 is 1. The van der Waals surface area contributed by atoms with Crippen LogP contribution in [0.4, 0.5) is 4.79 Å². The molecule has 0 saturated carbocycles. The Labute approximate surface area is 118 Å². The van der Waals surface area contributed by atoms with Crippen molar-refractivity contribution in [2.24, 2.45) is 0 Å². The third-order valence-corrected chi connectivity index (χ3v) is 3.18. The van der Waals surface area contributed by atoms with Gasteiger partial charge in [-0.25, -0.2) is 4.79 Å². The molecular weight excluding hydrogens is 256 g/mol. The predicted molar refractivity (Wildman–Crippen MR) is 76.0 cm³/mol. The van der Waals surface area contributed by atoms with E-state index in [2.05, 4.69) is 5.32 Å². The van der Waals surface area contributed by atoms with Crippen LogP contribution in [0.5, 0.6) is 0 Å². The van der Waals surface area contributed by atoms with Crippen molar-refractivity contribution in [2.45, 2.75) is 12.5 Å². The van der Waals surface area contributed by atoms with Gasteiger partial charge in [0.05, 0.1) is 6.61 Å². The lowest BCUT2D eigenvalue weighted by molar-refractivity contribution is -0.132. The lowest BCUT2D eigenvalue weighted by Crippen LogP contribution is -2.47. The molecule has 20 heavy (non-hydrogen) atoms. The van der Waals surface area contributed by atoms with E-state index < -0.39 is 5.54 Å². The SMILES string of the molecule is COC[C@@]1(C)NC(=O)N(C/C=C/c2ccccc2)C1=O. The molecule has 1 atom stereocenters. The van der Waals surface area contributed by atoms with Gasteiger partial charge in [0, 0.05) is 13.7 Å². The van der Waals surface area contributed by atoms with Crippen LogP contribution in [0.3, 0.4) is 0 Å². The third-order valence-electron chi connectivity index (χ3n) is 3.18. The van der Waals surface area contributed by atoms with Gasteiger partial charge in [-0.2, -0.15) is 0 Å². The molecule has 1 aliphatic heterocycles. The molecule has 3 amide bonds. The van der Waals surface area contributed by atoms with Crippen LogP contribution < -0.4 is 5.32 Å². The van der Waals surface area contributed by atoms with Crippen molar-refractivity contribution < 1.29 is 14.3 Å². The molecule has 106 valence electrons. The van der Waals surface area contributed by atoms with E-state index in [1.165, 1.54) is 12.0 Å². The maximum absolute atomic E-state index is 12.2. The molecule has 1 N–H and O–H groups in total. The number of imide groups is 1. The molecule has 5 heteroatoms. The highest BCUT2D eigenvalue weighted by Crippen LogP contribution is 2.17. The molecule has 1 aliphatic rings. The molecule has 1 saturated heterocycles. The van der Waals surface area contributed by atoms with Gasteiger partial charge in [0.1, 0.15) is 5.54 Å². The Bertz CT molecular complexity index is 527. The van der Waals surface area contributed by atoms with Gasteiger partial charge in [-0.3, -0.25) is 9.69 Å². The molecule has 0 bridgehead atoms. The van der Waals surface area contributed by atoms with E-state index in [4.69, 9.17) is 4.74 Å². The number of nitrogens with zero attached hydrogens (tertiary/aromatic N) is 1. The monoisotopic (exact) mass is 274 g/mol. The molecule has 1 aromatic carbocycles. The average Bonchev–Trinajstić information content (AvgIpc) is 2.63. The highest BCUT2D eigenvalue weighted by Gasteiger charge is 2.47. The van der Waals surface area contributed by atoms with Gasteiger partial charge in [-0.15, -0.1) is 0 Å². The van der Waals surface area contributed by atoms with E-state index in [-0.39, 0.29) is 25.1 Å². The van der Waals surface area contributed by atoms with Crippen LogP contribution in [-0.4, -0.2) is 42.6 Å². The maximum atomic E-state index is 12.2. The van der Waals surface area contributed by atoms with Crippen LogP contribution in [0.2, 0.25) is 0 Å². The highest BCUT2D eigenvalue weighted by molar-refractivity contribution is 6.07. The number of rotatable bonds is 5. The summed E-state index contributed by atoms with van der Waals surface area (Å²) in [5.41, 5.74) is 0.0612. The van der Waals surface area contributed by atoms with E-state index in [1.54, 1.807) is 13.0 Å². The number of carbonyl (C=O) groups excluding carboxylic acids is 2. The Morgan fingerprint density at radius 1 is 1.30 bits per heavy atom. The second-order valence-electron chi connectivity index (χ2n) is 4.92. The first-order valence-corrected chi connectivity index (χ1v) is 6.41. The lowest BCUT2D eigenvalue weighted by Gasteiger charge is -2.19. The fourth-order valence-corrected chi connectivity index (χ4v) is 2.16. The Kier molecular flexibility index (Phi) is 4.20. The molecule has 1 fully saturated rings. The van der Waals surface area contributed by atoms with Crippen molar-refractivity contribution in [1.82, 2.24) is 10.2 Å². The summed E-state index contributed by atoms with van der Waals surface area (Å²) in [4.78, 5) is 25.2. The number of carbonyl (C=O) groups is 2. The first-order chi connectivity index (χ1) is 9.57. The zero-order valence-electron chi connectivity index (χ0n) is 11.6. The second kappa shape index (κ2) is 5.88. The summed E-state index contributed by atoms with van der Waals surface area (Å²) in [6, 6.07) is 9.33. The molecule has 0 unspecified atom stereocenters. The van der Waals surface area contributed by atoms with E-state index >= 15 is 0 Å². The molecular formula is C15H18N2O3. The second-order valence-corrected chi connectivity index (χ2v) is 4.92. The summed E-state index contributed by atoms with van der Waals surface area (Å²) in [6.45, 7) is 2.08. The first kappa shape index (κ1) is 14.3. The summed E-state index contributed by atoms with van der Waals surface area (Å²) in [6.07, 6.45) is 3.68. The minimum absolute atomic E-state index is 0.163. The molecule has 1 heterocycles. The molecule has 2 rings (SSSR count). The smallest absolute Gasteiger partial charge is 0.325 e. The molecule has 0 spiro atoms. The van der Waals surface area contributed by atoms with Gasteiger partial charge < -0.3 is 10.1 Å². The quantitative estimate of drug-likeness (QED) is 0.831. The van der Waals surface area contributed by atoms with Gasteiger partial charge >= 0.3 is 6.03 Å². The highest BCUT2D eigenvalue weighted by atomic mass is 16.5. The predicted octanol–water partition coefficient (Wildman–Crippen LogP) is 1.66. The Morgan fingerprint density at radius 3 is 2.65 bits per heavy atom. The normalized spacial score (nSPS) is 22.6. The van der Waals surface area contributed by atoms with Crippen LogP contribution in [0, 0.1) is 0 Å². The van der Waals surface area contributed by atoms with Crippen LogP contribution in [0.15, 0.2) is 36.4 Å². The molecule has 1 aromatic rings.